The van der Waals surface area contributed by atoms with Gasteiger partial charge in [-0.3, -0.25) is 4.79 Å². The minimum atomic E-state index is -0.956. The lowest BCUT2D eigenvalue weighted by Gasteiger charge is -2.44. The van der Waals surface area contributed by atoms with Gasteiger partial charge in [-0.1, -0.05) is 60.7 Å². The van der Waals surface area contributed by atoms with Gasteiger partial charge in [0.15, 0.2) is 4.34 Å². The Morgan fingerprint density at radius 3 is 2.73 bits per heavy atom. The van der Waals surface area contributed by atoms with E-state index in [0.29, 0.717) is 37.2 Å². The summed E-state index contributed by atoms with van der Waals surface area (Å²) in [5, 5.41) is 24.7. The molecule has 2 N–H and O–H groups in total. The SMILES string of the molecule is CCOc1ccc2nc(SC[C@]3(O)CC[C@H]4c5ccc(cc5C(=O)c5cc6ccccc6s5)C[C@@H](O)CCC(C)=CCC[C@@]43C)sc2c1. The number of fused-ring (bicyclic) bond motifs is 10. The maximum absolute atomic E-state index is 14.5. The van der Waals surface area contributed by atoms with E-state index in [1.807, 2.05) is 49.4 Å². The third-order valence-electron chi connectivity index (χ3n) is 10.7. The minimum absolute atomic E-state index is 0.00355. The van der Waals surface area contributed by atoms with Gasteiger partial charge < -0.3 is 14.9 Å². The van der Waals surface area contributed by atoms with Gasteiger partial charge in [-0.15, -0.1) is 22.7 Å². The average molecular weight is 698 g/mol. The number of ether oxygens (including phenoxy) is 1. The van der Waals surface area contributed by atoms with E-state index in [1.165, 1.54) is 16.9 Å². The van der Waals surface area contributed by atoms with Gasteiger partial charge in [-0.2, -0.15) is 0 Å². The van der Waals surface area contributed by atoms with Gasteiger partial charge in [0.25, 0.3) is 0 Å². The standard InChI is InChI=1S/C40H43NO4S3/c1-4-45-29-14-16-33-35(23-29)48-38(41-33)46-24-40(44)19-17-32-30-15-12-26(20-28(42)13-11-25(2)8-7-18-39(32,40)3)21-31(30)37(43)36-22-27-9-5-6-10-34(27)47-36/h5-6,8-10,12,14-16,21-23,28,32,42,44H,4,7,11,13,17-20,24H2,1-3H3/t28-,32-,39-,40+/m0/s1. The summed E-state index contributed by atoms with van der Waals surface area (Å²) in [6.45, 7) is 7.00. The summed E-state index contributed by atoms with van der Waals surface area (Å²) in [6.07, 6.45) is 6.92. The number of hydrogen-bond donors (Lipinski definition) is 2. The van der Waals surface area contributed by atoms with Crippen molar-refractivity contribution in [2.45, 2.75) is 87.7 Å². The third-order valence-corrected chi connectivity index (χ3v) is 14.1. The van der Waals surface area contributed by atoms with E-state index in [4.69, 9.17) is 9.72 Å². The van der Waals surface area contributed by atoms with Gasteiger partial charge in [-0.05, 0) is 118 Å². The first-order valence-corrected chi connectivity index (χ1v) is 19.7. The van der Waals surface area contributed by atoms with E-state index in [9.17, 15) is 15.0 Å². The Bertz CT molecular complexity index is 1960. The fourth-order valence-electron chi connectivity index (χ4n) is 7.78. The topological polar surface area (TPSA) is 79.7 Å². The van der Waals surface area contributed by atoms with Gasteiger partial charge in [-0.25, -0.2) is 4.98 Å². The van der Waals surface area contributed by atoms with E-state index >= 15 is 0 Å². The number of carbonyl (C=O) groups is 1. The van der Waals surface area contributed by atoms with Gasteiger partial charge in [0.1, 0.15) is 5.75 Å². The van der Waals surface area contributed by atoms with Crippen LogP contribution >= 0.6 is 34.4 Å². The molecule has 3 aliphatic carbocycles. The lowest BCUT2D eigenvalue weighted by molar-refractivity contribution is -0.0422. The molecule has 1 fully saturated rings. The smallest absolute Gasteiger partial charge is 0.203 e. The lowest BCUT2D eigenvalue weighted by atomic mass is 9.65. The van der Waals surface area contributed by atoms with Crippen molar-refractivity contribution >= 4 is 60.5 Å². The molecule has 0 amide bonds. The second kappa shape index (κ2) is 13.7. The van der Waals surface area contributed by atoms with Crippen molar-refractivity contribution in [1.82, 2.24) is 4.98 Å². The van der Waals surface area contributed by atoms with Crippen molar-refractivity contribution in [1.29, 1.82) is 0 Å². The Balaban J connectivity index is 1.26. The number of rotatable bonds is 7. The lowest BCUT2D eigenvalue weighted by Crippen LogP contribution is -2.46. The first-order valence-electron chi connectivity index (χ1n) is 17.0. The molecular weight excluding hydrogens is 655 g/mol. The summed E-state index contributed by atoms with van der Waals surface area (Å²) in [5.74, 6) is 1.40. The van der Waals surface area contributed by atoms with Crippen LogP contribution in [0.4, 0.5) is 0 Å². The molecule has 4 atom stereocenters. The molecular formula is C40H43NO4S3. The molecule has 8 rings (SSSR count). The number of benzene rings is 3. The van der Waals surface area contributed by atoms with Crippen LogP contribution < -0.4 is 4.74 Å². The summed E-state index contributed by atoms with van der Waals surface area (Å²) in [7, 11) is 0. The fourth-order valence-corrected chi connectivity index (χ4v) is 11.2. The van der Waals surface area contributed by atoms with Crippen LogP contribution in [0.25, 0.3) is 20.3 Å². The van der Waals surface area contributed by atoms with E-state index in [-0.39, 0.29) is 11.7 Å². The molecule has 8 heteroatoms. The monoisotopic (exact) mass is 697 g/mol. The summed E-state index contributed by atoms with van der Waals surface area (Å²) < 4.78 is 8.83. The number of aliphatic hydroxyl groups excluding tert-OH is 1. The number of allylic oxidation sites excluding steroid dienone is 2. The van der Waals surface area contributed by atoms with Crippen molar-refractivity contribution in [3.05, 3.63) is 99.9 Å². The normalized spacial score (nSPS) is 24.8. The first kappa shape index (κ1) is 33.5. The van der Waals surface area contributed by atoms with E-state index < -0.39 is 17.1 Å². The third kappa shape index (κ3) is 6.50. The fraction of sp³-hybridized carbons (Fsp3) is 0.400. The zero-order chi connectivity index (χ0) is 33.5. The maximum atomic E-state index is 14.5. The molecule has 1 saturated carbocycles. The Labute approximate surface area is 295 Å². The molecule has 0 radical (unpaired) electrons. The summed E-state index contributed by atoms with van der Waals surface area (Å²) in [6, 6.07) is 22.4. The predicted molar refractivity (Wildman–Crippen MR) is 200 cm³/mol. The number of carbonyl (C=O) groups excluding carboxylic acids is 1. The highest BCUT2D eigenvalue weighted by molar-refractivity contribution is 8.01. The molecule has 5 nitrogen and oxygen atoms in total. The number of hydrogen-bond acceptors (Lipinski definition) is 8. The Kier molecular flexibility index (Phi) is 9.57. The molecule has 2 bridgehead atoms. The van der Waals surface area contributed by atoms with Crippen molar-refractivity contribution in [3.63, 3.8) is 0 Å². The Morgan fingerprint density at radius 1 is 1.04 bits per heavy atom. The van der Waals surface area contributed by atoms with Gasteiger partial charge in [0.05, 0.1) is 33.4 Å². The van der Waals surface area contributed by atoms with Crippen LogP contribution in [-0.4, -0.2) is 45.0 Å². The number of thioether (sulfide) groups is 1. The van der Waals surface area contributed by atoms with Crippen molar-refractivity contribution in [2.75, 3.05) is 12.4 Å². The van der Waals surface area contributed by atoms with Crippen molar-refractivity contribution in [2.24, 2.45) is 5.41 Å². The highest BCUT2D eigenvalue weighted by Crippen LogP contribution is 2.60. The molecule has 3 aliphatic rings. The molecule has 48 heavy (non-hydrogen) atoms. The van der Waals surface area contributed by atoms with E-state index in [0.717, 1.165) is 72.1 Å². The number of aliphatic hydroxyl groups is 2. The van der Waals surface area contributed by atoms with Crippen LogP contribution in [0.15, 0.2) is 82.7 Å². The van der Waals surface area contributed by atoms with Crippen LogP contribution in [0.5, 0.6) is 5.75 Å². The number of nitrogens with zero attached hydrogens (tertiary/aromatic N) is 1. The second-order valence-corrected chi connectivity index (χ2v) is 17.1. The Hall–Kier alpha value is -3.01. The molecule has 0 saturated heterocycles. The zero-order valence-corrected chi connectivity index (χ0v) is 30.3. The number of thiazole rings is 1. The van der Waals surface area contributed by atoms with E-state index in [1.54, 1.807) is 23.1 Å². The van der Waals surface area contributed by atoms with Gasteiger partial charge >= 0.3 is 0 Å². The predicted octanol–water partition coefficient (Wildman–Crippen LogP) is 9.97. The second-order valence-electron chi connectivity index (χ2n) is 13.8. The van der Waals surface area contributed by atoms with Gasteiger partial charge in [0, 0.05) is 21.4 Å². The minimum Gasteiger partial charge on any atom is -0.494 e. The molecule has 0 spiro atoms. The summed E-state index contributed by atoms with van der Waals surface area (Å²) >= 11 is 4.82. The van der Waals surface area contributed by atoms with Crippen molar-refractivity contribution in [3.8, 4) is 5.75 Å². The van der Waals surface area contributed by atoms with Crippen LogP contribution in [0, 0.1) is 5.41 Å². The van der Waals surface area contributed by atoms with Crippen molar-refractivity contribution < 1.29 is 19.7 Å². The number of thiophene rings is 1. The van der Waals surface area contributed by atoms with Crippen LogP contribution in [0.3, 0.4) is 0 Å². The highest BCUT2D eigenvalue weighted by Gasteiger charge is 2.56. The summed E-state index contributed by atoms with van der Waals surface area (Å²) in [5.41, 5.74) is 3.49. The molecule has 250 valence electrons. The van der Waals surface area contributed by atoms with Gasteiger partial charge in [0.2, 0.25) is 5.78 Å². The molecule has 2 heterocycles. The number of ketones is 1. The molecule has 2 aromatic heterocycles. The quantitative estimate of drug-likeness (QED) is 0.100. The van der Waals surface area contributed by atoms with E-state index in [2.05, 4.69) is 44.2 Å². The number of aromatic nitrogens is 1. The summed E-state index contributed by atoms with van der Waals surface area (Å²) in [4.78, 5) is 20.1. The molecule has 0 aliphatic heterocycles. The van der Waals surface area contributed by atoms with Crippen LogP contribution in [0.1, 0.15) is 91.6 Å². The molecule has 3 aromatic carbocycles. The zero-order valence-electron chi connectivity index (χ0n) is 27.8. The highest BCUT2D eigenvalue weighted by atomic mass is 32.2. The molecule has 5 aromatic rings. The first-order chi connectivity index (χ1) is 23.2. The van der Waals surface area contributed by atoms with Crippen LogP contribution in [-0.2, 0) is 6.42 Å². The molecule has 0 unspecified atom stereocenters. The largest absolute Gasteiger partial charge is 0.494 e. The Morgan fingerprint density at radius 2 is 1.90 bits per heavy atom. The average Bonchev–Trinajstić information content (AvgIpc) is 3.76. The maximum Gasteiger partial charge on any atom is 0.203 e. The van der Waals surface area contributed by atoms with Crippen LogP contribution in [0.2, 0.25) is 0 Å².